The topological polar surface area (TPSA) is 60.4 Å². The third kappa shape index (κ3) is 2.60. The number of fused-ring (bicyclic) bond motifs is 1. The summed E-state index contributed by atoms with van der Waals surface area (Å²) in [5.74, 6) is 0.631. The summed E-state index contributed by atoms with van der Waals surface area (Å²) in [4.78, 5) is 0. The minimum atomic E-state index is 0.148. The van der Waals surface area contributed by atoms with Crippen LogP contribution in [0.3, 0.4) is 0 Å². The Bertz CT molecular complexity index is 806. The van der Waals surface area contributed by atoms with Gasteiger partial charge in [-0.15, -0.1) is 0 Å². The van der Waals surface area contributed by atoms with Crippen molar-refractivity contribution in [1.29, 1.82) is 0 Å². The Hall–Kier alpha value is -2.62. The van der Waals surface area contributed by atoms with Crippen molar-refractivity contribution in [1.82, 2.24) is 4.57 Å². The molecule has 1 heterocycles. The SMILES string of the molecule is CC(C)n1cc(COc2ccccc2O)c2cc(N)ccc21. The van der Waals surface area contributed by atoms with Gasteiger partial charge in [0.2, 0.25) is 0 Å². The maximum atomic E-state index is 9.79. The Kier molecular flexibility index (Phi) is 3.67. The number of nitrogens with zero attached hydrogens (tertiary/aromatic N) is 1. The van der Waals surface area contributed by atoms with Gasteiger partial charge in [-0.25, -0.2) is 0 Å². The van der Waals surface area contributed by atoms with E-state index in [0.717, 1.165) is 22.2 Å². The zero-order valence-corrected chi connectivity index (χ0v) is 12.8. The highest BCUT2D eigenvalue weighted by atomic mass is 16.5. The van der Waals surface area contributed by atoms with E-state index in [-0.39, 0.29) is 5.75 Å². The fourth-order valence-electron chi connectivity index (χ4n) is 2.62. The predicted octanol–water partition coefficient (Wildman–Crippen LogP) is 4.09. The zero-order chi connectivity index (χ0) is 15.7. The van der Waals surface area contributed by atoms with Crippen molar-refractivity contribution in [2.75, 3.05) is 5.73 Å². The van der Waals surface area contributed by atoms with Crippen LogP contribution >= 0.6 is 0 Å². The normalized spacial score (nSPS) is 11.2. The summed E-state index contributed by atoms with van der Waals surface area (Å²) < 4.78 is 7.97. The summed E-state index contributed by atoms with van der Waals surface area (Å²) in [5.41, 5.74) is 8.85. The summed E-state index contributed by atoms with van der Waals surface area (Å²) >= 11 is 0. The smallest absolute Gasteiger partial charge is 0.161 e. The van der Waals surface area contributed by atoms with Crippen molar-refractivity contribution < 1.29 is 9.84 Å². The van der Waals surface area contributed by atoms with Crippen molar-refractivity contribution in [2.24, 2.45) is 0 Å². The Morgan fingerprint density at radius 3 is 2.68 bits per heavy atom. The van der Waals surface area contributed by atoms with Crippen LogP contribution < -0.4 is 10.5 Å². The molecule has 0 radical (unpaired) electrons. The van der Waals surface area contributed by atoms with Crippen molar-refractivity contribution in [3.63, 3.8) is 0 Å². The van der Waals surface area contributed by atoms with Crippen LogP contribution in [0.5, 0.6) is 11.5 Å². The average Bonchev–Trinajstić information content (AvgIpc) is 2.84. The van der Waals surface area contributed by atoms with E-state index in [1.54, 1.807) is 18.2 Å². The van der Waals surface area contributed by atoms with Gasteiger partial charge >= 0.3 is 0 Å². The lowest BCUT2D eigenvalue weighted by atomic mass is 10.1. The molecule has 4 nitrogen and oxygen atoms in total. The Labute approximate surface area is 129 Å². The second kappa shape index (κ2) is 5.64. The third-order valence-corrected chi connectivity index (χ3v) is 3.74. The van der Waals surface area contributed by atoms with Crippen molar-refractivity contribution in [2.45, 2.75) is 26.5 Å². The van der Waals surface area contributed by atoms with Crippen molar-refractivity contribution >= 4 is 16.6 Å². The zero-order valence-electron chi connectivity index (χ0n) is 12.8. The molecule has 0 fully saturated rings. The number of anilines is 1. The average molecular weight is 296 g/mol. The number of nitrogens with two attached hydrogens (primary N) is 1. The Morgan fingerprint density at radius 2 is 1.95 bits per heavy atom. The number of hydrogen-bond donors (Lipinski definition) is 2. The molecule has 1 aromatic heterocycles. The number of ether oxygens (including phenoxy) is 1. The van der Waals surface area contributed by atoms with Gasteiger partial charge in [0.15, 0.2) is 11.5 Å². The number of nitrogen functional groups attached to an aromatic ring is 1. The monoisotopic (exact) mass is 296 g/mol. The molecule has 0 atom stereocenters. The second-order valence-corrected chi connectivity index (χ2v) is 5.69. The van der Waals surface area contributed by atoms with E-state index in [1.807, 2.05) is 24.3 Å². The molecule has 0 bridgehead atoms. The number of phenolic OH excluding ortho intramolecular Hbond substituents is 1. The van der Waals surface area contributed by atoms with Crippen LogP contribution in [-0.4, -0.2) is 9.67 Å². The van der Waals surface area contributed by atoms with E-state index < -0.39 is 0 Å². The molecular weight excluding hydrogens is 276 g/mol. The highest BCUT2D eigenvalue weighted by Crippen LogP contribution is 2.30. The number of phenols is 1. The molecule has 4 heteroatoms. The Balaban J connectivity index is 1.96. The first-order valence-corrected chi connectivity index (χ1v) is 7.36. The molecule has 0 aliphatic heterocycles. The summed E-state index contributed by atoms with van der Waals surface area (Å²) in [6, 6.07) is 13.2. The lowest BCUT2D eigenvalue weighted by Crippen LogP contribution is -1.98. The minimum Gasteiger partial charge on any atom is -0.504 e. The number of para-hydroxylation sites is 2. The highest BCUT2D eigenvalue weighted by Gasteiger charge is 2.12. The van der Waals surface area contributed by atoms with Crippen LogP contribution in [0.2, 0.25) is 0 Å². The van der Waals surface area contributed by atoms with Gasteiger partial charge in [0.1, 0.15) is 6.61 Å². The number of rotatable bonds is 4. The standard InChI is InChI=1S/C18H20N2O2/c1-12(2)20-10-13(15-9-14(19)7-8-16(15)20)11-22-18-6-4-3-5-17(18)21/h3-10,12,21H,11,19H2,1-2H3. The van der Waals surface area contributed by atoms with Crippen LogP contribution in [0, 0.1) is 0 Å². The molecule has 0 amide bonds. The van der Waals surface area contributed by atoms with E-state index >= 15 is 0 Å². The molecule has 0 spiro atoms. The lowest BCUT2D eigenvalue weighted by Gasteiger charge is -2.08. The molecule has 0 saturated heterocycles. The third-order valence-electron chi connectivity index (χ3n) is 3.74. The summed E-state index contributed by atoms with van der Waals surface area (Å²) in [6.45, 7) is 4.67. The van der Waals surface area contributed by atoms with Gasteiger partial charge in [-0.2, -0.15) is 0 Å². The minimum absolute atomic E-state index is 0.148. The molecule has 0 saturated carbocycles. The molecule has 3 aromatic rings. The predicted molar refractivity (Wildman–Crippen MR) is 89.2 cm³/mol. The van der Waals surface area contributed by atoms with Gasteiger partial charge in [0, 0.05) is 34.4 Å². The molecule has 22 heavy (non-hydrogen) atoms. The first-order valence-electron chi connectivity index (χ1n) is 7.36. The van der Waals surface area contributed by atoms with Crippen LogP contribution in [0.15, 0.2) is 48.7 Å². The highest BCUT2D eigenvalue weighted by molar-refractivity contribution is 5.87. The van der Waals surface area contributed by atoms with Gasteiger partial charge in [-0.3, -0.25) is 0 Å². The largest absolute Gasteiger partial charge is 0.504 e. The van der Waals surface area contributed by atoms with Gasteiger partial charge in [-0.1, -0.05) is 12.1 Å². The van der Waals surface area contributed by atoms with E-state index in [1.165, 1.54) is 0 Å². The van der Waals surface area contributed by atoms with Crippen molar-refractivity contribution in [3.05, 3.63) is 54.2 Å². The molecule has 2 aromatic carbocycles. The molecule has 114 valence electrons. The van der Waals surface area contributed by atoms with Gasteiger partial charge in [0.05, 0.1) is 0 Å². The van der Waals surface area contributed by atoms with E-state index in [4.69, 9.17) is 10.5 Å². The summed E-state index contributed by atoms with van der Waals surface area (Å²) in [7, 11) is 0. The fourth-order valence-corrected chi connectivity index (χ4v) is 2.62. The first kappa shape index (κ1) is 14.3. The Morgan fingerprint density at radius 1 is 1.18 bits per heavy atom. The molecule has 0 unspecified atom stereocenters. The van der Waals surface area contributed by atoms with Crippen LogP contribution in [0.1, 0.15) is 25.5 Å². The fraction of sp³-hybridized carbons (Fsp3) is 0.222. The molecule has 3 rings (SSSR count). The van der Waals surface area contributed by atoms with Crippen LogP contribution in [-0.2, 0) is 6.61 Å². The number of aromatic nitrogens is 1. The molecule has 0 aliphatic carbocycles. The maximum Gasteiger partial charge on any atom is 0.161 e. The molecule has 3 N–H and O–H groups in total. The number of benzene rings is 2. The van der Waals surface area contributed by atoms with Gasteiger partial charge < -0.3 is 20.1 Å². The van der Waals surface area contributed by atoms with E-state index in [0.29, 0.717) is 18.4 Å². The number of hydrogen-bond acceptors (Lipinski definition) is 3. The molecule has 0 aliphatic rings. The van der Waals surface area contributed by atoms with Crippen LogP contribution in [0.4, 0.5) is 5.69 Å². The van der Waals surface area contributed by atoms with Gasteiger partial charge in [-0.05, 0) is 44.2 Å². The maximum absolute atomic E-state index is 9.79. The quantitative estimate of drug-likeness (QED) is 0.713. The van der Waals surface area contributed by atoms with Crippen molar-refractivity contribution in [3.8, 4) is 11.5 Å². The van der Waals surface area contributed by atoms with Crippen LogP contribution in [0.25, 0.3) is 10.9 Å². The van der Waals surface area contributed by atoms with Gasteiger partial charge in [0.25, 0.3) is 0 Å². The first-order chi connectivity index (χ1) is 10.6. The second-order valence-electron chi connectivity index (χ2n) is 5.69. The number of aromatic hydroxyl groups is 1. The van der Waals surface area contributed by atoms with E-state index in [9.17, 15) is 5.11 Å². The summed E-state index contributed by atoms with van der Waals surface area (Å²) in [5, 5.41) is 10.9. The molecular formula is C18H20N2O2. The van der Waals surface area contributed by atoms with E-state index in [2.05, 4.69) is 24.6 Å². The lowest BCUT2D eigenvalue weighted by molar-refractivity contribution is 0.290. The summed E-state index contributed by atoms with van der Waals surface area (Å²) in [6.07, 6.45) is 2.09.